The lowest BCUT2D eigenvalue weighted by molar-refractivity contribution is 1.25. The zero-order chi connectivity index (χ0) is 19.5. The molecule has 138 valence electrons. The van der Waals surface area contributed by atoms with Gasteiger partial charge in [-0.25, -0.2) is 4.98 Å². The number of pyridine rings is 2. The summed E-state index contributed by atoms with van der Waals surface area (Å²) in [6, 6.07) is 23.3. The molecule has 0 radical (unpaired) electrons. The number of nitrogens with zero attached hydrogens (tertiary/aromatic N) is 3. The van der Waals surface area contributed by atoms with Crippen LogP contribution in [-0.2, 0) is 0 Å². The van der Waals surface area contributed by atoms with E-state index in [2.05, 4.69) is 78.9 Å². The standard InChI is InChI=1S/C26H19N3/c1-16-8-7-9-17(2)24(16)23-15-28-26-19-11-4-3-10-18(19)21-14-27-22-13-6-5-12-20(22)25(21)29(23)26/h3-15H,1-2H3. The Morgan fingerprint density at radius 3 is 2.10 bits per heavy atom. The number of para-hydroxylation sites is 1. The predicted molar refractivity (Wildman–Crippen MR) is 120 cm³/mol. The molecule has 0 saturated heterocycles. The Morgan fingerprint density at radius 1 is 0.621 bits per heavy atom. The van der Waals surface area contributed by atoms with Crippen molar-refractivity contribution >= 4 is 38.2 Å². The number of aryl methyl sites for hydroxylation is 2. The Kier molecular flexibility index (Phi) is 3.30. The van der Waals surface area contributed by atoms with Gasteiger partial charge in [0.2, 0.25) is 0 Å². The van der Waals surface area contributed by atoms with E-state index in [1.165, 1.54) is 27.6 Å². The minimum atomic E-state index is 0.988. The second-order valence-electron chi connectivity index (χ2n) is 7.65. The van der Waals surface area contributed by atoms with Gasteiger partial charge in [-0.3, -0.25) is 9.38 Å². The highest BCUT2D eigenvalue weighted by molar-refractivity contribution is 6.18. The molecule has 0 aliphatic heterocycles. The van der Waals surface area contributed by atoms with Crippen LogP contribution in [0.2, 0.25) is 0 Å². The van der Waals surface area contributed by atoms with Crippen molar-refractivity contribution in [1.29, 1.82) is 0 Å². The Hall–Kier alpha value is -3.72. The van der Waals surface area contributed by atoms with Crippen molar-refractivity contribution in [3.63, 3.8) is 0 Å². The van der Waals surface area contributed by atoms with Crippen LogP contribution in [0.4, 0.5) is 0 Å². The maximum absolute atomic E-state index is 4.90. The first-order valence-corrected chi connectivity index (χ1v) is 9.86. The summed E-state index contributed by atoms with van der Waals surface area (Å²) >= 11 is 0. The van der Waals surface area contributed by atoms with Crippen LogP contribution in [0.15, 0.2) is 79.1 Å². The van der Waals surface area contributed by atoms with E-state index in [1.807, 2.05) is 18.5 Å². The van der Waals surface area contributed by atoms with Crippen molar-refractivity contribution < 1.29 is 0 Å². The van der Waals surface area contributed by atoms with E-state index in [1.54, 1.807) is 0 Å². The predicted octanol–water partition coefficient (Wildman–Crippen LogP) is 6.47. The lowest BCUT2D eigenvalue weighted by Gasteiger charge is -2.15. The molecule has 6 rings (SSSR count). The topological polar surface area (TPSA) is 30.2 Å². The van der Waals surface area contributed by atoms with Gasteiger partial charge >= 0.3 is 0 Å². The maximum Gasteiger partial charge on any atom is 0.145 e. The van der Waals surface area contributed by atoms with E-state index in [4.69, 9.17) is 9.97 Å². The summed E-state index contributed by atoms with van der Waals surface area (Å²) in [5, 5.41) is 4.63. The SMILES string of the molecule is Cc1cccc(C)c1-c1cnc2c3ccccc3c3cnc4ccccc4c3n12. The third kappa shape index (κ3) is 2.18. The van der Waals surface area contributed by atoms with Gasteiger partial charge in [0, 0.05) is 27.9 Å². The average molecular weight is 373 g/mol. The first kappa shape index (κ1) is 16.3. The van der Waals surface area contributed by atoms with Crippen LogP contribution < -0.4 is 0 Å². The molecule has 0 spiro atoms. The van der Waals surface area contributed by atoms with Crippen molar-refractivity contribution in [2.75, 3.05) is 0 Å². The Bertz CT molecular complexity index is 1550. The summed E-state index contributed by atoms with van der Waals surface area (Å²) in [6.07, 6.45) is 4.03. The van der Waals surface area contributed by atoms with Crippen molar-refractivity contribution in [2.24, 2.45) is 0 Å². The van der Waals surface area contributed by atoms with E-state index in [0.29, 0.717) is 0 Å². The molecule has 29 heavy (non-hydrogen) atoms. The van der Waals surface area contributed by atoms with Gasteiger partial charge in [-0.15, -0.1) is 0 Å². The first-order valence-electron chi connectivity index (χ1n) is 9.86. The normalized spacial score (nSPS) is 11.8. The monoisotopic (exact) mass is 373 g/mol. The number of rotatable bonds is 1. The smallest absolute Gasteiger partial charge is 0.145 e. The molecule has 3 heteroatoms. The number of benzene rings is 3. The molecule has 3 aromatic heterocycles. The summed E-state index contributed by atoms with van der Waals surface area (Å²) in [5.74, 6) is 0. The molecule has 3 aromatic carbocycles. The van der Waals surface area contributed by atoms with Gasteiger partial charge in [-0.1, -0.05) is 60.7 Å². The zero-order valence-corrected chi connectivity index (χ0v) is 16.3. The molecule has 3 nitrogen and oxygen atoms in total. The highest BCUT2D eigenvalue weighted by atomic mass is 15.0. The molecule has 3 heterocycles. The van der Waals surface area contributed by atoms with E-state index < -0.39 is 0 Å². The van der Waals surface area contributed by atoms with Crippen molar-refractivity contribution in [1.82, 2.24) is 14.4 Å². The van der Waals surface area contributed by atoms with Crippen LogP contribution >= 0.6 is 0 Å². The molecule has 0 unspecified atom stereocenters. The highest BCUT2D eigenvalue weighted by Gasteiger charge is 2.18. The molecule has 0 aliphatic carbocycles. The minimum Gasteiger partial charge on any atom is -0.291 e. The van der Waals surface area contributed by atoms with Crippen LogP contribution in [0, 0.1) is 13.8 Å². The van der Waals surface area contributed by atoms with Gasteiger partial charge < -0.3 is 0 Å². The summed E-state index contributed by atoms with van der Waals surface area (Å²) in [5.41, 5.74) is 8.04. The van der Waals surface area contributed by atoms with E-state index in [0.717, 1.165) is 33.0 Å². The lowest BCUT2D eigenvalue weighted by Crippen LogP contribution is -1.98. The Labute approximate surface area is 168 Å². The van der Waals surface area contributed by atoms with Crippen molar-refractivity contribution in [2.45, 2.75) is 13.8 Å². The van der Waals surface area contributed by atoms with Crippen LogP contribution in [0.3, 0.4) is 0 Å². The molecular formula is C26H19N3. The van der Waals surface area contributed by atoms with Gasteiger partial charge in [0.05, 0.1) is 22.9 Å². The van der Waals surface area contributed by atoms with Gasteiger partial charge in [-0.2, -0.15) is 0 Å². The third-order valence-corrected chi connectivity index (χ3v) is 5.93. The largest absolute Gasteiger partial charge is 0.291 e. The molecular weight excluding hydrogens is 354 g/mol. The van der Waals surface area contributed by atoms with Crippen LogP contribution in [-0.4, -0.2) is 14.4 Å². The summed E-state index contributed by atoms with van der Waals surface area (Å²) in [4.78, 5) is 9.66. The highest BCUT2D eigenvalue weighted by Crippen LogP contribution is 2.37. The van der Waals surface area contributed by atoms with Gasteiger partial charge in [0.25, 0.3) is 0 Å². The molecule has 0 bridgehead atoms. The molecule has 0 saturated carbocycles. The number of hydrogen-bond donors (Lipinski definition) is 0. The average Bonchev–Trinajstić information content (AvgIpc) is 3.18. The molecule has 6 aromatic rings. The first-order chi connectivity index (χ1) is 14.2. The summed E-state index contributed by atoms with van der Waals surface area (Å²) in [7, 11) is 0. The summed E-state index contributed by atoms with van der Waals surface area (Å²) in [6.45, 7) is 4.34. The quantitative estimate of drug-likeness (QED) is 0.309. The zero-order valence-electron chi connectivity index (χ0n) is 16.3. The second-order valence-corrected chi connectivity index (χ2v) is 7.65. The number of aromatic nitrogens is 3. The molecule has 0 aliphatic rings. The minimum absolute atomic E-state index is 0.988. The Morgan fingerprint density at radius 2 is 1.31 bits per heavy atom. The number of imidazole rings is 1. The van der Waals surface area contributed by atoms with Gasteiger partial charge in [0.1, 0.15) is 5.65 Å². The summed E-state index contributed by atoms with van der Waals surface area (Å²) < 4.78 is 2.33. The van der Waals surface area contributed by atoms with Crippen LogP contribution in [0.25, 0.3) is 49.5 Å². The third-order valence-electron chi connectivity index (χ3n) is 5.93. The maximum atomic E-state index is 4.90. The van der Waals surface area contributed by atoms with Crippen LogP contribution in [0.5, 0.6) is 0 Å². The van der Waals surface area contributed by atoms with E-state index in [9.17, 15) is 0 Å². The number of hydrogen-bond acceptors (Lipinski definition) is 2. The number of fused-ring (bicyclic) bond motifs is 8. The molecule has 0 N–H and O–H groups in total. The molecule has 0 amide bonds. The van der Waals surface area contributed by atoms with Crippen LogP contribution in [0.1, 0.15) is 11.1 Å². The van der Waals surface area contributed by atoms with Gasteiger partial charge in [-0.05, 0) is 36.4 Å². The van der Waals surface area contributed by atoms with Crippen molar-refractivity contribution in [3.8, 4) is 11.3 Å². The fraction of sp³-hybridized carbons (Fsp3) is 0.0769. The van der Waals surface area contributed by atoms with E-state index >= 15 is 0 Å². The fourth-order valence-corrected chi connectivity index (χ4v) is 4.64. The van der Waals surface area contributed by atoms with E-state index in [-0.39, 0.29) is 0 Å². The van der Waals surface area contributed by atoms with Gasteiger partial charge in [0.15, 0.2) is 0 Å². The molecule has 0 fully saturated rings. The Balaban J connectivity index is 1.95. The lowest BCUT2D eigenvalue weighted by atomic mass is 9.99. The molecule has 0 atom stereocenters. The second kappa shape index (κ2) is 5.89. The fourth-order valence-electron chi connectivity index (χ4n) is 4.64. The van der Waals surface area contributed by atoms with Crippen molar-refractivity contribution in [3.05, 3.63) is 90.3 Å².